The van der Waals surface area contributed by atoms with Crippen molar-refractivity contribution in [2.75, 3.05) is 13.6 Å². The van der Waals surface area contributed by atoms with Gasteiger partial charge in [-0.15, -0.1) is 0 Å². The monoisotopic (exact) mass is 240 g/mol. The molecule has 1 heterocycles. The van der Waals surface area contributed by atoms with Crippen molar-refractivity contribution in [2.45, 2.75) is 44.7 Å². The standard InChI is InChI=1S/C12H20N2O3/c1-8(9-5-6-9)13(2)12(17)14-7-3-4-10(14)11(15)16/h8-10H,3-7H2,1-2H3,(H,15,16). The number of aliphatic carboxylic acids is 1. The quantitative estimate of drug-likeness (QED) is 0.810. The number of carbonyl (C=O) groups excluding carboxylic acids is 1. The maximum absolute atomic E-state index is 12.2. The number of carboxylic acid groups (broad SMARTS) is 1. The zero-order chi connectivity index (χ0) is 12.6. The van der Waals surface area contributed by atoms with Gasteiger partial charge in [-0.3, -0.25) is 0 Å². The largest absolute Gasteiger partial charge is 0.480 e. The minimum Gasteiger partial charge on any atom is -0.480 e. The molecule has 0 spiro atoms. The van der Waals surface area contributed by atoms with Gasteiger partial charge in [-0.1, -0.05) is 0 Å². The maximum atomic E-state index is 12.2. The van der Waals surface area contributed by atoms with Crippen LogP contribution in [0.1, 0.15) is 32.6 Å². The van der Waals surface area contributed by atoms with Gasteiger partial charge in [0.15, 0.2) is 0 Å². The highest BCUT2D eigenvalue weighted by molar-refractivity contribution is 5.83. The molecule has 2 rings (SSSR count). The first-order valence-corrected chi connectivity index (χ1v) is 6.28. The van der Waals surface area contributed by atoms with Crippen LogP contribution in [0.3, 0.4) is 0 Å². The third-order valence-corrected chi connectivity index (χ3v) is 4.00. The van der Waals surface area contributed by atoms with Gasteiger partial charge in [0.25, 0.3) is 0 Å². The first kappa shape index (κ1) is 12.2. The fraction of sp³-hybridized carbons (Fsp3) is 0.833. The van der Waals surface area contributed by atoms with Crippen LogP contribution < -0.4 is 0 Å². The highest BCUT2D eigenvalue weighted by Crippen LogP contribution is 2.35. The number of nitrogens with zero attached hydrogens (tertiary/aromatic N) is 2. The summed E-state index contributed by atoms with van der Waals surface area (Å²) in [4.78, 5) is 26.5. The van der Waals surface area contributed by atoms with Crippen LogP contribution in [0.5, 0.6) is 0 Å². The van der Waals surface area contributed by atoms with Gasteiger partial charge in [0.2, 0.25) is 0 Å². The third-order valence-electron chi connectivity index (χ3n) is 4.00. The van der Waals surface area contributed by atoms with Gasteiger partial charge < -0.3 is 14.9 Å². The van der Waals surface area contributed by atoms with Crippen LogP contribution in [0.15, 0.2) is 0 Å². The summed E-state index contributed by atoms with van der Waals surface area (Å²) in [5.41, 5.74) is 0. The first-order valence-electron chi connectivity index (χ1n) is 6.28. The average Bonchev–Trinajstić information content (AvgIpc) is 3.02. The van der Waals surface area contributed by atoms with Gasteiger partial charge in [-0.2, -0.15) is 0 Å². The Hall–Kier alpha value is -1.26. The number of hydrogen-bond donors (Lipinski definition) is 1. The molecule has 0 radical (unpaired) electrons. The van der Waals surface area contributed by atoms with E-state index in [1.54, 1.807) is 11.9 Å². The lowest BCUT2D eigenvalue weighted by atomic mass is 10.2. The molecular formula is C12H20N2O3. The molecule has 0 aromatic rings. The van der Waals surface area contributed by atoms with Crippen molar-refractivity contribution in [3.63, 3.8) is 0 Å². The van der Waals surface area contributed by atoms with Crippen LogP contribution in [-0.2, 0) is 4.79 Å². The molecule has 2 atom stereocenters. The van der Waals surface area contributed by atoms with E-state index in [4.69, 9.17) is 5.11 Å². The lowest BCUT2D eigenvalue weighted by molar-refractivity contribution is -0.141. The van der Waals surface area contributed by atoms with Gasteiger partial charge in [-0.05, 0) is 38.5 Å². The van der Waals surface area contributed by atoms with Crippen LogP contribution >= 0.6 is 0 Å². The van der Waals surface area contributed by atoms with E-state index in [2.05, 4.69) is 0 Å². The Kier molecular flexibility index (Phi) is 3.26. The number of carboxylic acids is 1. The van der Waals surface area contributed by atoms with Gasteiger partial charge in [0.05, 0.1) is 0 Å². The van der Waals surface area contributed by atoms with Crippen LogP contribution in [0, 0.1) is 5.92 Å². The number of hydrogen-bond acceptors (Lipinski definition) is 2. The normalized spacial score (nSPS) is 25.8. The molecule has 96 valence electrons. The molecule has 5 nitrogen and oxygen atoms in total. The Morgan fingerprint density at radius 1 is 1.35 bits per heavy atom. The second-order valence-electron chi connectivity index (χ2n) is 5.16. The molecule has 2 fully saturated rings. The SMILES string of the molecule is CC(C1CC1)N(C)C(=O)N1CCCC1C(=O)O. The van der Waals surface area contributed by atoms with E-state index in [1.165, 1.54) is 17.7 Å². The lowest BCUT2D eigenvalue weighted by Crippen LogP contribution is -2.49. The van der Waals surface area contributed by atoms with Crippen LogP contribution in [0.2, 0.25) is 0 Å². The molecule has 2 unspecified atom stereocenters. The van der Waals surface area contributed by atoms with Gasteiger partial charge >= 0.3 is 12.0 Å². The molecule has 1 aliphatic carbocycles. The summed E-state index contributed by atoms with van der Waals surface area (Å²) in [6.07, 6.45) is 3.73. The van der Waals surface area contributed by atoms with E-state index in [-0.39, 0.29) is 12.1 Å². The maximum Gasteiger partial charge on any atom is 0.326 e. The second kappa shape index (κ2) is 4.55. The smallest absolute Gasteiger partial charge is 0.326 e. The van der Waals surface area contributed by atoms with Crippen molar-refractivity contribution in [1.29, 1.82) is 0 Å². The summed E-state index contributed by atoms with van der Waals surface area (Å²) in [5, 5.41) is 9.06. The predicted octanol–water partition coefficient (Wildman–Crippen LogP) is 1.39. The van der Waals surface area contributed by atoms with Gasteiger partial charge in [0.1, 0.15) is 6.04 Å². The molecule has 0 bridgehead atoms. The summed E-state index contributed by atoms with van der Waals surface area (Å²) >= 11 is 0. The van der Waals surface area contributed by atoms with Gasteiger partial charge in [0, 0.05) is 19.6 Å². The summed E-state index contributed by atoms with van der Waals surface area (Å²) in [6.45, 7) is 2.61. The minimum absolute atomic E-state index is 0.130. The first-order chi connectivity index (χ1) is 8.02. The molecule has 0 aromatic carbocycles. The fourth-order valence-corrected chi connectivity index (χ4v) is 2.52. The number of carbonyl (C=O) groups is 2. The summed E-state index contributed by atoms with van der Waals surface area (Å²) < 4.78 is 0. The Morgan fingerprint density at radius 2 is 2.00 bits per heavy atom. The number of likely N-dealkylation sites (tertiary alicyclic amines) is 1. The predicted molar refractivity (Wildman–Crippen MR) is 62.7 cm³/mol. The van der Waals surface area contributed by atoms with Crippen LogP contribution in [0.25, 0.3) is 0 Å². The zero-order valence-electron chi connectivity index (χ0n) is 10.4. The molecule has 1 N–H and O–H groups in total. The van der Waals surface area contributed by atoms with Crippen LogP contribution in [0.4, 0.5) is 4.79 Å². The lowest BCUT2D eigenvalue weighted by Gasteiger charge is -2.31. The molecule has 17 heavy (non-hydrogen) atoms. The van der Waals surface area contributed by atoms with E-state index < -0.39 is 12.0 Å². The molecule has 2 aliphatic rings. The molecular weight excluding hydrogens is 220 g/mol. The van der Waals surface area contributed by atoms with Crippen molar-refractivity contribution in [3.05, 3.63) is 0 Å². The van der Waals surface area contributed by atoms with Crippen molar-refractivity contribution >= 4 is 12.0 Å². The Balaban J connectivity index is 2.00. The number of rotatable bonds is 3. The summed E-state index contributed by atoms with van der Waals surface area (Å²) in [7, 11) is 1.78. The van der Waals surface area contributed by atoms with Crippen LogP contribution in [-0.4, -0.2) is 52.6 Å². The molecule has 0 aromatic heterocycles. The van der Waals surface area contributed by atoms with E-state index in [9.17, 15) is 9.59 Å². The highest BCUT2D eigenvalue weighted by Gasteiger charge is 2.39. The van der Waals surface area contributed by atoms with Gasteiger partial charge in [-0.25, -0.2) is 9.59 Å². The zero-order valence-corrected chi connectivity index (χ0v) is 10.4. The second-order valence-corrected chi connectivity index (χ2v) is 5.16. The molecule has 5 heteroatoms. The molecule has 1 aliphatic heterocycles. The topological polar surface area (TPSA) is 60.9 Å². The Labute approximate surface area is 101 Å². The number of amides is 2. The fourth-order valence-electron chi connectivity index (χ4n) is 2.52. The number of urea groups is 1. The van der Waals surface area contributed by atoms with Crippen molar-refractivity contribution < 1.29 is 14.7 Å². The third kappa shape index (κ3) is 2.37. The van der Waals surface area contributed by atoms with Crippen molar-refractivity contribution in [3.8, 4) is 0 Å². The minimum atomic E-state index is -0.886. The Morgan fingerprint density at radius 3 is 2.53 bits per heavy atom. The summed E-state index contributed by atoms with van der Waals surface area (Å²) in [6, 6.07) is -0.539. The van der Waals surface area contributed by atoms with E-state index in [1.807, 2.05) is 6.92 Å². The molecule has 2 amide bonds. The van der Waals surface area contributed by atoms with Crippen molar-refractivity contribution in [1.82, 2.24) is 9.80 Å². The van der Waals surface area contributed by atoms with E-state index in [0.29, 0.717) is 18.9 Å². The van der Waals surface area contributed by atoms with E-state index >= 15 is 0 Å². The average molecular weight is 240 g/mol. The Bertz CT molecular complexity index is 328. The van der Waals surface area contributed by atoms with E-state index in [0.717, 1.165) is 6.42 Å². The highest BCUT2D eigenvalue weighted by atomic mass is 16.4. The molecule has 1 saturated carbocycles. The summed E-state index contributed by atoms with van der Waals surface area (Å²) in [5.74, 6) is -0.279. The molecule has 1 saturated heterocycles. The van der Waals surface area contributed by atoms with Crippen molar-refractivity contribution in [2.24, 2.45) is 5.92 Å².